The number of para-hydroxylation sites is 1. The molecule has 1 heterocycles. The van der Waals surface area contributed by atoms with Crippen molar-refractivity contribution in [1.29, 1.82) is 0 Å². The molecule has 25 heavy (non-hydrogen) atoms. The van der Waals surface area contributed by atoms with Crippen LogP contribution in [0.5, 0.6) is 11.5 Å². The Labute approximate surface area is 146 Å². The summed E-state index contributed by atoms with van der Waals surface area (Å²) in [6.45, 7) is 1.16. The van der Waals surface area contributed by atoms with Gasteiger partial charge in [0.1, 0.15) is 11.5 Å². The fourth-order valence-corrected chi connectivity index (χ4v) is 3.09. The number of rotatable bonds is 5. The Hall–Kier alpha value is -3.01. The minimum Gasteiger partial charge on any atom is -0.493 e. The normalized spacial score (nSPS) is 15.4. The molecular weight excluding hydrogens is 314 g/mol. The van der Waals surface area contributed by atoms with Gasteiger partial charge < -0.3 is 14.8 Å². The van der Waals surface area contributed by atoms with Crippen molar-refractivity contribution in [1.82, 2.24) is 5.32 Å². The van der Waals surface area contributed by atoms with Gasteiger partial charge in [-0.1, -0.05) is 48.5 Å². The van der Waals surface area contributed by atoms with E-state index in [9.17, 15) is 4.79 Å². The smallest absolute Gasteiger partial charge is 0.257 e. The molecule has 0 saturated heterocycles. The van der Waals surface area contributed by atoms with E-state index >= 15 is 0 Å². The number of benzene rings is 3. The van der Waals surface area contributed by atoms with E-state index in [1.165, 1.54) is 0 Å². The molecule has 0 bridgehead atoms. The quantitative estimate of drug-likeness (QED) is 0.777. The van der Waals surface area contributed by atoms with Gasteiger partial charge in [0.05, 0.1) is 6.61 Å². The van der Waals surface area contributed by atoms with Gasteiger partial charge >= 0.3 is 0 Å². The Balaban J connectivity index is 1.30. The number of hydrogen-bond donors (Lipinski definition) is 1. The number of ether oxygens (including phenoxy) is 2. The Morgan fingerprint density at radius 2 is 1.84 bits per heavy atom. The van der Waals surface area contributed by atoms with E-state index < -0.39 is 0 Å². The predicted octanol–water partition coefficient (Wildman–Crippen LogP) is 3.51. The van der Waals surface area contributed by atoms with E-state index in [-0.39, 0.29) is 18.4 Å². The monoisotopic (exact) mass is 333 g/mol. The molecule has 0 aliphatic carbocycles. The third kappa shape index (κ3) is 3.43. The summed E-state index contributed by atoms with van der Waals surface area (Å²) in [7, 11) is 0. The van der Waals surface area contributed by atoms with E-state index in [1.807, 2.05) is 66.7 Å². The molecule has 0 saturated carbocycles. The lowest BCUT2D eigenvalue weighted by Crippen LogP contribution is -2.32. The van der Waals surface area contributed by atoms with E-state index in [2.05, 4.69) is 5.32 Å². The Kier molecular flexibility index (Phi) is 4.25. The van der Waals surface area contributed by atoms with Crippen molar-refractivity contribution in [3.8, 4) is 11.5 Å². The van der Waals surface area contributed by atoms with Crippen LogP contribution in [0.25, 0.3) is 10.8 Å². The Bertz CT molecular complexity index is 906. The van der Waals surface area contributed by atoms with Gasteiger partial charge in [-0.15, -0.1) is 0 Å². The molecule has 0 fully saturated rings. The second kappa shape index (κ2) is 6.85. The lowest BCUT2D eigenvalue weighted by molar-refractivity contribution is -0.123. The molecule has 1 aliphatic rings. The largest absolute Gasteiger partial charge is 0.493 e. The SMILES string of the molecule is O=C(COc1ccc2ccccc2c1)NC[C@@H]1COc2ccccc21. The average molecular weight is 333 g/mol. The topological polar surface area (TPSA) is 47.6 Å². The highest BCUT2D eigenvalue weighted by Crippen LogP contribution is 2.32. The number of amides is 1. The highest BCUT2D eigenvalue weighted by Gasteiger charge is 2.23. The van der Waals surface area contributed by atoms with Crippen LogP contribution in [0.1, 0.15) is 11.5 Å². The highest BCUT2D eigenvalue weighted by atomic mass is 16.5. The molecule has 0 radical (unpaired) electrons. The fraction of sp³-hybridized carbons (Fsp3) is 0.190. The molecule has 126 valence electrons. The molecule has 0 aromatic heterocycles. The zero-order valence-corrected chi connectivity index (χ0v) is 13.8. The molecule has 3 aromatic carbocycles. The van der Waals surface area contributed by atoms with Crippen molar-refractivity contribution >= 4 is 16.7 Å². The van der Waals surface area contributed by atoms with Gasteiger partial charge in [0.15, 0.2) is 6.61 Å². The molecule has 1 atom stereocenters. The van der Waals surface area contributed by atoms with Crippen molar-refractivity contribution in [3.63, 3.8) is 0 Å². The molecule has 4 rings (SSSR count). The second-order valence-corrected chi connectivity index (χ2v) is 6.15. The standard InChI is InChI=1S/C21H19NO3/c23-21(22-12-17-13-25-20-8-4-3-7-19(17)20)14-24-18-10-9-15-5-1-2-6-16(15)11-18/h1-11,17H,12-14H2,(H,22,23)/t17-/m1/s1. The molecule has 1 N–H and O–H groups in total. The summed E-state index contributed by atoms with van der Waals surface area (Å²) in [6.07, 6.45) is 0. The van der Waals surface area contributed by atoms with Gasteiger partial charge in [0.2, 0.25) is 0 Å². The maximum absolute atomic E-state index is 12.1. The number of carbonyl (C=O) groups is 1. The van der Waals surface area contributed by atoms with Gasteiger partial charge in [0.25, 0.3) is 5.91 Å². The third-order valence-electron chi connectivity index (χ3n) is 4.44. The molecular formula is C21H19NO3. The maximum Gasteiger partial charge on any atom is 0.257 e. The zero-order valence-electron chi connectivity index (χ0n) is 13.8. The lowest BCUT2D eigenvalue weighted by atomic mass is 10.0. The van der Waals surface area contributed by atoms with Crippen LogP contribution in [0.15, 0.2) is 66.7 Å². The van der Waals surface area contributed by atoms with Crippen molar-refractivity contribution < 1.29 is 14.3 Å². The minimum atomic E-state index is -0.127. The van der Waals surface area contributed by atoms with Gasteiger partial charge in [-0.3, -0.25) is 4.79 Å². The summed E-state index contributed by atoms with van der Waals surface area (Å²) in [4.78, 5) is 12.1. The lowest BCUT2D eigenvalue weighted by Gasteiger charge is -2.11. The van der Waals surface area contributed by atoms with E-state index in [0.29, 0.717) is 18.9 Å². The van der Waals surface area contributed by atoms with Gasteiger partial charge in [-0.05, 0) is 29.0 Å². The summed E-state index contributed by atoms with van der Waals surface area (Å²) < 4.78 is 11.2. The van der Waals surface area contributed by atoms with Crippen LogP contribution in [-0.2, 0) is 4.79 Å². The van der Waals surface area contributed by atoms with Crippen molar-refractivity contribution in [2.24, 2.45) is 0 Å². The predicted molar refractivity (Wildman–Crippen MR) is 97.1 cm³/mol. The highest BCUT2D eigenvalue weighted by molar-refractivity contribution is 5.84. The molecule has 1 aliphatic heterocycles. The van der Waals surface area contributed by atoms with Crippen LogP contribution < -0.4 is 14.8 Å². The summed E-state index contributed by atoms with van der Waals surface area (Å²) in [5, 5.41) is 5.18. The second-order valence-electron chi connectivity index (χ2n) is 6.15. The van der Waals surface area contributed by atoms with Crippen LogP contribution in [0.4, 0.5) is 0 Å². The first-order chi connectivity index (χ1) is 12.3. The van der Waals surface area contributed by atoms with Crippen LogP contribution in [0.3, 0.4) is 0 Å². The molecule has 3 aromatic rings. The number of fused-ring (bicyclic) bond motifs is 2. The van der Waals surface area contributed by atoms with E-state index in [4.69, 9.17) is 9.47 Å². The van der Waals surface area contributed by atoms with Crippen LogP contribution in [0, 0.1) is 0 Å². The van der Waals surface area contributed by atoms with Gasteiger partial charge in [-0.2, -0.15) is 0 Å². The number of carbonyl (C=O) groups excluding carboxylic acids is 1. The molecule has 4 heteroatoms. The fourth-order valence-electron chi connectivity index (χ4n) is 3.09. The molecule has 0 spiro atoms. The van der Waals surface area contributed by atoms with E-state index in [1.54, 1.807) is 0 Å². The molecule has 4 nitrogen and oxygen atoms in total. The number of nitrogens with one attached hydrogen (secondary N) is 1. The first kappa shape index (κ1) is 15.5. The summed E-state index contributed by atoms with van der Waals surface area (Å²) in [5.41, 5.74) is 1.15. The molecule has 1 amide bonds. The Morgan fingerprint density at radius 1 is 1.04 bits per heavy atom. The first-order valence-electron chi connectivity index (χ1n) is 8.39. The minimum absolute atomic E-state index is 0.00750. The summed E-state index contributed by atoms with van der Waals surface area (Å²) in [5.74, 6) is 1.68. The van der Waals surface area contributed by atoms with Crippen LogP contribution in [-0.4, -0.2) is 25.7 Å². The van der Waals surface area contributed by atoms with Crippen molar-refractivity contribution in [3.05, 3.63) is 72.3 Å². The third-order valence-corrected chi connectivity index (χ3v) is 4.44. The average Bonchev–Trinajstić information content (AvgIpc) is 3.08. The maximum atomic E-state index is 12.1. The summed E-state index contributed by atoms with van der Waals surface area (Å²) >= 11 is 0. The first-order valence-corrected chi connectivity index (χ1v) is 8.39. The molecule has 0 unspecified atom stereocenters. The van der Waals surface area contributed by atoms with Crippen LogP contribution in [0.2, 0.25) is 0 Å². The Morgan fingerprint density at radius 3 is 2.76 bits per heavy atom. The van der Waals surface area contributed by atoms with Gasteiger partial charge in [0, 0.05) is 18.0 Å². The van der Waals surface area contributed by atoms with Crippen molar-refractivity contribution in [2.45, 2.75) is 5.92 Å². The summed E-state index contributed by atoms with van der Waals surface area (Å²) in [6, 6.07) is 21.8. The van der Waals surface area contributed by atoms with E-state index in [0.717, 1.165) is 22.1 Å². The van der Waals surface area contributed by atoms with Crippen molar-refractivity contribution in [2.75, 3.05) is 19.8 Å². The van der Waals surface area contributed by atoms with Gasteiger partial charge in [-0.25, -0.2) is 0 Å². The zero-order chi connectivity index (χ0) is 17.1. The van der Waals surface area contributed by atoms with Crippen LogP contribution >= 0.6 is 0 Å². The number of hydrogen-bond acceptors (Lipinski definition) is 3.